The van der Waals surface area contributed by atoms with Gasteiger partial charge in [0.25, 0.3) is 10.2 Å². The van der Waals surface area contributed by atoms with Crippen LogP contribution in [-0.2, 0) is 10.2 Å². The van der Waals surface area contributed by atoms with Crippen molar-refractivity contribution < 1.29 is 8.42 Å². The maximum atomic E-state index is 11.3. The average Bonchev–Trinajstić information content (AvgIpc) is 1.80. The number of hydrogen-bond donors (Lipinski definition) is 0. The highest BCUT2D eigenvalue weighted by Gasteiger charge is 2.34. The normalized spacial score (nSPS) is 22.2. The van der Waals surface area contributed by atoms with Gasteiger partial charge in [0.2, 0.25) is 0 Å². The van der Waals surface area contributed by atoms with Gasteiger partial charge in [-0.3, -0.25) is 0 Å². The number of hydrogen-bond acceptors (Lipinski definition) is 2. The van der Waals surface area contributed by atoms with E-state index >= 15 is 0 Å². The first-order chi connectivity index (χ1) is 4.94. The first kappa shape index (κ1) is 8.96. The van der Waals surface area contributed by atoms with Gasteiger partial charge in [-0.15, -0.1) is 0 Å². The van der Waals surface area contributed by atoms with Crippen LogP contribution in [0.2, 0.25) is 0 Å². The van der Waals surface area contributed by atoms with Gasteiger partial charge in [0, 0.05) is 27.2 Å². The van der Waals surface area contributed by atoms with Crippen molar-refractivity contribution in [3.63, 3.8) is 0 Å². The molecular formula is C6H14N2O2S. The van der Waals surface area contributed by atoms with Gasteiger partial charge in [-0.2, -0.15) is 17.0 Å². The highest BCUT2D eigenvalue weighted by molar-refractivity contribution is 7.86. The van der Waals surface area contributed by atoms with Crippen LogP contribution in [0.4, 0.5) is 0 Å². The van der Waals surface area contributed by atoms with Crippen molar-refractivity contribution in [2.24, 2.45) is 5.92 Å². The summed E-state index contributed by atoms with van der Waals surface area (Å²) in [6, 6.07) is 0. The molecule has 0 unspecified atom stereocenters. The van der Waals surface area contributed by atoms with Gasteiger partial charge < -0.3 is 0 Å². The minimum atomic E-state index is -3.11. The van der Waals surface area contributed by atoms with Gasteiger partial charge in [0.15, 0.2) is 0 Å². The van der Waals surface area contributed by atoms with Gasteiger partial charge in [-0.25, -0.2) is 0 Å². The molecule has 11 heavy (non-hydrogen) atoms. The summed E-state index contributed by atoms with van der Waals surface area (Å²) in [4.78, 5) is 0. The van der Waals surface area contributed by atoms with Gasteiger partial charge in [-0.1, -0.05) is 6.92 Å². The molecule has 1 fully saturated rings. The molecule has 0 amide bonds. The lowest BCUT2D eigenvalue weighted by Gasteiger charge is -2.37. The van der Waals surface area contributed by atoms with Crippen LogP contribution in [0.5, 0.6) is 0 Å². The standard InChI is InChI=1S/C6H14N2O2S/c1-6-4-8(5-6)11(9,10)7(2)3/h6H,4-5H2,1-3H3. The van der Waals surface area contributed by atoms with E-state index in [0.717, 1.165) is 0 Å². The molecule has 1 aliphatic heterocycles. The molecule has 1 rings (SSSR count). The predicted octanol–water partition coefficient (Wildman–Crippen LogP) is -0.255. The molecule has 0 aromatic heterocycles. The van der Waals surface area contributed by atoms with Crippen molar-refractivity contribution in [1.82, 2.24) is 8.61 Å². The Morgan fingerprint density at radius 2 is 1.82 bits per heavy atom. The van der Waals surface area contributed by atoms with E-state index in [1.807, 2.05) is 6.92 Å². The molecule has 0 aromatic rings. The van der Waals surface area contributed by atoms with Crippen LogP contribution in [0.1, 0.15) is 6.92 Å². The Hall–Kier alpha value is -0.130. The zero-order chi connectivity index (χ0) is 8.65. The average molecular weight is 178 g/mol. The molecular weight excluding hydrogens is 164 g/mol. The van der Waals surface area contributed by atoms with E-state index in [1.54, 1.807) is 14.1 Å². The lowest BCUT2D eigenvalue weighted by molar-refractivity contribution is 0.207. The largest absolute Gasteiger partial charge is 0.281 e. The lowest BCUT2D eigenvalue weighted by atomic mass is 10.1. The molecule has 1 saturated heterocycles. The molecule has 0 saturated carbocycles. The van der Waals surface area contributed by atoms with Crippen molar-refractivity contribution in [2.45, 2.75) is 6.92 Å². The number of rotatable bonds is 2. The summed E-state index contributed by atoms with van der Waals surface area (Å²) >= 11 is 0. The fraction of sp³-hybridized carbons (Fsp3) is 1.00. The lowest BCUT2D eigenvalue weighted by Crippen LogP contribution is -2.52. The van der Waals surface area contributed by atoms with E-state index in [9.17, 15) is 8.42 Å². The van der Waals surface area contributed by atoms with E-state index in [2.05, 4.69) is 0 Å². The molecule has 0 atom stereocenters. The monoisotopic (exact) mass is 178 g/mol. The fourth-order valence-corrected chi connectivity index (χ4v) is 2.41. The van der Waals surface area contributed by atoms with Crippen molar-refractivity contribution in [2.75, 3.05) is 27.2 Å². The maximum Gasteiger partial charge on any atom is 0.281 e. The van der Waals surface area contributed by atoms with Crippen molar-refractivity contribution in [3.8, 4) is 0 Å². The molecule has 1 heterocycles. The predicted molar refractivity (Wildman–Crippen MR) is 43.3 cm³/mol. The van der Waals surface area contributed by atoms with Gasteiger partial charge in [-0.05, 0) is 5.92 Å². The highest BCUT2D eigenvalue weighted by atomic mass is 32.2. The van der Waals surface area contributed by atoms with Crippen LogP contribution in [0.25, 0.3) is 0 Å². The summed E-state index contributed by atoms with van der Waals surface area (Å²) in [7, 11) is 0.00137. The Balaban J connectivity index is 2.62. The molecule has 66 valence electrons. The van der Waals surface area contributed by atoms with Crippen LogP contribution in [0, 0.1) is 5.92 Å². The Morgan fingerprint density at radius 3 is 2.09 bits per heavy atom. The Kier molecular flexibility index (Phi) is 2.22. The summed E-state index contributed by atoms with van der Waals surface area (Å²) in [6.45, 7) is 3.38. The smallest absolute Gasteiger partial charge is 0.195 e. The van der Waals surface area contributed by atoms with Crippen LogP contribution < -0.4 is 0 Å². The van der Waals surface area contributed by atoms with Crippen LogP contribution in [0.3, 0.4) is 0 Å². The zero-order valence-corrected chi connectivity index (χ0v) is 7.93. The second kappa shape index (κ2) is 2.73. The third kappa shape index (κ3) is 1.55. The first-order valence-corrected chi connectivity index (χ1v) is 5.02. The molecule has 0 bridgehead atoms. The van der Waals surface area contributed by atoms with E-state index in [-0.39, 0.29) is 0 Å². The SMILES string of the molecule is CC1CN(S(=O)(=O)N(C)C)C1. The Labute approximate surface area is 68.0 Å². The minimum absolute atomic E-state index is 0.518. The molecule has 0 aromatic carbocycles. The van der Waals surface area contributed by atoms with Crippen LogP contribution >= 0.6 is 0 Å². The second-order valence-electron chi connectivity index (χ2n) is 3.21. The molecule has 0 radical (unpaired) electrons. The third-order valence-electron chi connectivity index (χ3n) is 1.82. The van der Waals surface area contributed by atoms with Gasteiger partial charge in [0.05, 0.1) is 0 Å². The van der Waals surface area contributed by atoms with Crippen molar-refractivity contribution in [3.05, 3.63) is 0 Å². The second-order valence-corrected chi connectivity index (χ2v) is 5.35. The summed E-state index contributed by atoms with van der Waals surface area (Å²) in [5, 5.41) is 0. The molecule has 0 aliphatic carbocycles. The van der Waals surface area contributed by atoms with E-state index in [0.29, 0.717) is 19.0 Å². The zero-order valence-electron chi connectivity index (χ0n) is 7.11. The van der Waals surface area contributed by atoms with E-state index in [4.69, 9.17) is 0 Å². The summed E-state index contributed by atoms with van der Waals surface area (Å²) in [5.41, 5.74) is 0. The molecule has 5 heteroatoms. The van der Waals surface area contributed by atoms with E-state index in [1.165, 1.54) is 8.61 Å². The third-order valence-corrected chi connectivity index (χ3v) is 3.69. The summed E-state index contributed by atoms with van der Waals surface area (Å²) in [6.07, 6.45) is 0. The molecule has 0 spiro atoms. The Bertz CT molecular complexity index is 229. The topological polar surface area (TPSA) is 40.6 Å². The fourth-order valence-electron chi connectivity index (χ4n) is 1.06. The van der Waals surface area contributed by atoms with Crippen molar-refractivity contribution >= 4 is 10.2 Å². The van der Waals surface area contributed by atoms with Gasteiger partial charge in [0.1, 0.15) is 0 Å². The van der Waals surface area contributed by atoms with Crippen LogP contribution in [0.15, 0.2) is 0 Å². The van der Waals surface area contributed by atoms with Crippen LogP contribution in [-0.4, -0.2) is 44.2 Å². The van der Waals surface area contributed by atoms with Crippen molar-refractivity contribution in [1.29, 1.82) is 0 Å². The quantitative estimate of drug-likeness (QED) is 0.585. The summed E-state index contributed by atoms with van der Waals surface area (Å²) in [5.74, 6) is 0.518. The maximum absolute atomic E-state index is 11.3. The highest BCUT2D eigenvalue weighted by Crippen LogP contribution is 2.19. The number of nitrogens with zero attached hydrogens (tertiary/aromatic N) is 2. The minimum Gasteiger partial charge on any atom is -0.195 e. The molecule has 4 nitrogen and oxygen atoms in total. The molecule has 0 N–H and O–H groups in total. The van der Waals surface area contributed by atoms with Gasteiger partial charge >= 0.3 is 0 Å². The first-order valence-electron chi connectivity index (χ1n) is 3.62. The Morgan fingerprint density at radius 1 is 1.36 bits per heavy atom. The summed E-state index contributed by atoms with van der Waals surface area (Å²) < 4.78 is 25.4. The van der Waals surface area contributed by atoms with E-state index < -0.39 is 10.2 Å². The molecule has 1 aliphatic rings.